The average Bonchev–Trinajstić information content (AvgIpc) is 2.45. The maximum atomic E-state index is 11.7. The third-order valence-electron chi connectivity index (χ3n) is 3.03. The molecule has 0 radical (unpaired) electrons. The fourth-order valence-corrected chi connectivity index (χ4v) is 1.41. The van der Waals surface area contributed by atoms with Crippen molar-refractivity contribution in [3.8, 4) is 5.88 Å². The van der Waals surface area contributed by atoms with Crippen LogP contribution in [-0.2, 0) is 11.3 Å². The molecule has 1 heterocycles. The van der Waals surface area contributed by atoms with Crippen LogP contribution in [0.3, 0.4) is 0 Å². The van der Waals surface area contributed by atoms with Crippen molar-refractivity contribution in [2.24, 2.45) is 0 Å². The van der Waals surface area contributed by atoms with Gasteiger partial charge in [0.25, 0.3) is 0 Å². The predicted octanol–water partition coefficient (Wildman–Crippen LogP) is 1.14. The fourth-order valence-electron chi connectivity index (χ4n) is 1.41. The van der Waals surface area contributed by atoms with Gasteiger partial charge in [0.15, 0.2) is 0 Å². The number of carboxylic acid groups (broad SMARTS) is 1. The summed E-state index contributed by atoms with van der Waals surface area (Å²) >= 11 is 0. The molecule has 0 aliphatic rings. The number of carboxylic acids is 1. The van der Waals surface area contributed by atoms with E-state index in [9.17, 15) is 9.59 Å². The van der Waals surface area contributed by atoms with E-state index in [0.29, 0.717) is 12.3 Å². The van der Waals surface area contributed by atoms with Crippen molar-refractivity contribution >= 4 is 12.0 Å². The second-order valence-corrected chi connectivity index (χ2v) is 4.51. The van der Waals surface area contributed by atoms with Crippen molar-refractivity contribution in [3.05, 3.63) is 23.9 Å². The number of nitrogens with one attached hydrogen (secondary N) is 2. The van der Waals surface area contributed by atoms with Crippen molar-refractivity contribution < 1.29 is 19.4 Å². The Hall–Kier alpha value is -2.31. The van der Waals surface area contributed by atoms with Gasteiger partial charge in [0.1, 0.15) is 5.54 Å². The standard InChI is InChI=1S/C13H19N3O4/c1-4-13(2,11(17)18)16-12(19)15-8-9-5-6-10(20-3)14-7-9/h5-7H,4,8H2,1-3H3,(H,17,18)(H2,15,16,19). The number of ether oxygens (including phenoxy) is 1. The lowest BCUT2D eigenvalue weighted by molar-refractivity contribution is -0.143. The molecule has 1 aromatic rings. The Morgan fingerprint density at radius 1 is 1.45 bits per heavy atom. The highest BCUT2D eigenvalue weighted by atomic mass is 16.5. The first-order valence-electron chi connectivity index (χ1n) is 6.19. The number of nitrogens with zero attached hydrogens (tertiary/aromatic N) is 1. The Bertz CT molecular complexity index is 475. The van der Waals surface area contributed by atoms with Gasteiger partial charge in [-0.3, -0.25) is 0 Å². The Morgan fingerprint density at radius 3 is 2.60 bits per heavy atom. The van der Waals surface area contributed by atoms with Crippen LogP contribution in [0.2, 0.25) is 0 Å². The Balaban J connectivity index is 2.52. The summed E-state index contributed by atoms with van der Waals surface area (Å²) in [5, 5.41) is 14.1. The number of rotatable bonds is 6. The minimum Gasteiger partial charge on any atom is -0.481 e. The van der Waals surface area contributed by atoms with E-state index in [0.717, 1.165) is 5.56 Å². The largest absolute Gasteiger partial charge is 0.481 e. The topological polar surface area (TPSA) is 101 Å². The Morgan fingerprint density at radius 2 is 2.15 bits per heavy atom. The number of aromatic nitrogens is 1. The molecule has 20 heavy (non-hydrogen) atoms. The number of aliphatic carboxylic acids is 1. The number of hydrogen-bond donors (Lipinski definition) is 3. The van der Waals surface area contributed by atoms with E-state index in [4.69, 9.17) is 9.84 Å². The van der Waals surface area contributed by atoms with Crippen LogP contribution in [0.4, 0.5) is 4.79 Å². The van der Waals surface area contributed by atoms with Crippen LogP contribution in [-0.4, -0.2) is 34.7 Å². The quantitative estimate of drug-likeness (QED) is 0.726. The van der Waals surface area contributed by atoms with E-state index < -0.39 is 17.5 Å². The molecule has 7 heteroatoms. The summed E-state index contributed by atoms with van der Waals surface area (Å²) in [6, 6.07) is 2.91. The second-order valence-electron chi connectivity index (χ2n) is 4.51. The summed E-state index contributed by atoms with van der Waals surface area (Å²) in [5.41, 5.74) is -0.489. The highest BCUT2D eigenvalue weighted by Crippen LogP contribution is 2.09. The lowest BCUT2D eigenvalue weighted by Gasteiger charge is -2.24. The predicted molar refractivity (Wildman–Crippen MR) is 72.5 cm³/mol. The first kappa shape index (κ1) is 15.7. The molecular formula is C13H19N3O4. The van der Waals surface area contributed by atoms with Crippen LogP contribution in [0, 0.1) is 0 Å². The Kier molecular flexibility index (Phi) is 5.31. The van der Waals surface area contributed by atoms with Crippen LogP contribution in [0.1, 0.15) is 25.8 Å². The van der Waals surface area contributed by atoms with Gasteiger partial charge in [-0.25, -0.2) is 14.6 Å². The number of amides is 2. The molecule has 0 aliphatic heterocycles. The summed E-state index contributed by atoms with van der Waals surface area (Å²) in [7, 11) is 1.52. The molecule has 110 valence electrons. The smallest absolute Gasteiger partial charge is 0.329 e. The first-order valence-corrected chi connectivity index (χ1v) is 6.19. The zero-order valence-electron chi connectivity index (χ0n) is 11.8. The summed E-state index contributed by atoms with van der Waals surface area (Å²) in [4.78, 5) is 26.8. The van der Waals surface area contributed by atoms with Gasteiger partial charge < -0.3 is 20.5 Å². The monoisotopic (exact) mass is 281 g/mol. The normalized spacial score (nSPS) is 13.2. The molecule has 0 spiro atoms. The number of hydrogen-bond acceptors (Lipinski definition) is 4. The lowest BCUT2D eigenvalue weighted by Crippen LogP contribution is -2.54. The van der Waals surface area contributed by atoms with Crippen LogP contribution >= 0.6 is 0 Å². The maximum absolute atomic E-state index is 11.7. The fraction of sp³-hybridized carbons (Fsp3) is 0.462. The highest BCUT2D eigenvalue weighted by molar-refractivity contribution is 5.85. The minimum atomic E-state index is -1.28. The van der Waals surface area contributed by atoms with Gasteiger partial charge in [0.2, 0.25) is 5.88 Å². The summed E-state index contributed by atoms with van der Waals surface area (Å²) in [6.07, 6.45) is 1.87. The molecule has 1 aromatic heterocycles. The van der Waals surface area contributed by atoms with Crippen molar-refractivity contribution in [1.29, 1.82) is 0 Å². The number of methoxy groups -OCH3 is 1. The van der Waals surface area contributed by atoms with Crippen LogP contribution in [0.25, 0.3) is 0 Å². The van der Waals surface area contributed by atoms with E-state index in [1.807, 2.05) is 0 Å². The van der Waals surface area contributed by atoms with Crippen molar-refractivity contribution in [2.75, 3.05) is 7.11 Å². The number of carbonyl (C=O) groups excluding carboxylic acids is 1. The van der Waals surface area contributed by atoms with Gasteiger partial charge in [0, 0.05) is 18.8 Å². The van der Waals surface area contributed by atoms with E-state index >= 15 is 0 Å². The molecule has 2 amide bonds. The summed E-state index contributed by atoms with van der Waals surface area (Å²) < 4.78 is 4.93. The third kappa shape index (κ3) is 4.11. The number of pyridine rings is 1. The number of carbonyl (C=O) groups is 2. The molecule has 0 fully saturated rings. The van der Waals surface area contributed by atoms with Gasteiger partial charge in [-0.15, -0.1) is 0 Å². The molecule has 0 bridgehead atoms. The summed E-state index contributed by atoms with van der Waals surface area (Å²) in [6.45, 7) is 3.41. The van der Waals surface area contributed by atoms with Crippen molar-refractivity contribution in [2.45, 2.75) is 32.4 Å². The maximum Gasteiger partial charge on any atom is 0.329 e. The van der Waals surface area contributed by atoms with Gasteiger partial charge in [-0.1, -0.05) is 13.0 Å². The SMILES string of the molecule is CCC(C)(NC(=O)NCc1ccc(OC)nc1)C(=O)O. The molecule has 0 aromatic carbocycles. The van der Waals surface area contributed by atoms with Crippen molar-refractivity contribution in [1.82, 2.24) is 15.6 Å². The molecule has 0 saturated heterocycles. The van der Waals surface area contributed by atoms with Gasteiger partial charge in [0.05, 0.1) is 7.11 Å². The van der Waals surface area contributed by atoms with Crippen LogP contribution in [0.15, 0.2) is 18.3 Å². The van der Waals surface area contributed by atoms with Crippen LogP contribution < -0.4 is 15.4 Å². The average molecular weight is 281 g/mol. The van der Waals surface area contributed by atoms with E-state index in [-0.39, 0.29) is 6.54 Å². The second kappa shape index (κ2) is 6.74. The zero-order chi connectivity index (χ0) is 15.2. The number of urea groups is 1. The minimum absolute atomic E-state index is 0.252. The highest BCUT2D eigenvalue weighted by Gasteiger charge is 2.32. The molecule has 7 nitrogen and oxygen atoms in total. The first-order chi connectivity index (χ1) is 9.41. The molecule has 3 N–H and O–H groups in total. The van der Waals surface area contributed by atoms with Gasteiger partial charge in [-0.2, -0.15) is 0 Å². The lowest BCUT2D eigenvalue weighted by atomic mass is 10.00. The molecule has 1 unspecified atom stereocenters. The third-order valence-corrected chi connectivity index (χ3v) is 3.03. The van der Waals surface area contributed by atoms with Crippen LogP contribution in [0.5, 0.6) is 5.88 Å². The molecule has 0 aliphatic carbocycles. The van der Waals surface area contributed by atoms with E-state index in [1.54, 1.807) is 25.3 Å². The molecule has 1 rings (SSSR count). The van der Waals surface area contributed by atoms with Crippen molar-refractivity contribution in [3.63, 3.8) is 0 Å². The van der Waals surface area contributed by atoms with Gasteiger partial charge >= 0.3 is 12.0 Å². The van der Waals surface area contributed by atoms with Gasteiger partial charge in [-0.05, 0) is 18.9 Å². The molecule has 1 atom stereocenters. The van der Waals surface area contributed by atoms with E-state index in [2.05, 4.69) is 15.6 Å². The van der Waals surface area contributed by atoms with E-state index in [1.165, 1.54) is 14.0 Å². The Labute approximate surface area is 117 Å². The zero-order valence-corrected chi connectivity index (χ0v) is 11.8. The molecular weight excluding hydrogens is 262 g/mol. The summed E-state index contributed by atoms with van der Waals surface area (Å²) in [5.74, 6) is -0.580. The molecule has 0 saturated carbocycles.